The Labute approximate surface area is 158 Å². The van der Waals surface area contributed by atoms with Crippen molar-refractivity contribution < 1.29 is 14.3 Å². The number of likely N-dealkylation sites (tertiary alicyclic amines) is 1. The number of carbonyl (C=O) groups excluding carboxylic acids is 2. The highest BCUT2D eigenvalue weighted by Gasteiger charge is 2.43. The maximum atomic E-state index is 12.6. The molecule has 2 aromatic rings. The van der Waals surface area contributed by atoms with Gasteiger partial charge in [0.05, 0.1) is 18.0 Å². The van der Waals surface area contributed by atoms with Crippen LogP contribution in [0.1, 0.15) is 54.6 Å². The van der Waals surface area contributed by atoms with Gasteiger partial charge < -0.3 is 9.64 Å². The first-order chi connectivity index (χ1) is 13.0. The molecule has 1 atom stereocenters. The van der Waals surface area contributed by atoms with Gasteiger partial charge in [-0.25, -0.2) is 9.67 Å². The molecule has 7 heteroatoms. The fraction of sp³-hybridized carbons (Fsp3) is 0.500. The Kier molecular flexibility index (Phi) is 4.45. The number of hydrogen-bond donors (Lipinski definition) is 0. The molecule has 0 N–H and O–H groups in total. The van der Waals surface area contributed by atoms with Crippen molar-refractivity contribution in [2.24, 2.45) is 0 Å². The molecule has 0 unspecified atom stereocenters. The van der Waals surface area contributed by atoms with Crippen LogP contribution in [0.4, 0.5) is 0 Å². The number of aryl methyl sites for hydroxylation is 1. The van der Waals surface area contributed by atoms with Crippen LogP contribution < -0.4 is 4.74 Å². The van der Waals surface area contributed by atoms with E-state index in [1.807, 2.05) is 36.9 Å². The fourth-order valence-electron chi connectivity index (χ4n) is 3.97. The summed E-state index contributed by atoms with van der Waals surface area (Å²) in [5.41, 5.74) is 1.26. The smallest absolute Gasteiger partial charge is 0.224 e. The number of hydrogen-bond acceptors (Lipinski definition) is 5. The van der Waals surface area contributed by atoms with E-state index < -0.39 is 5.60 Å². The Bertz CT molecular complexity index is 854. The van der Waals surface area contributed by atoms with Crippen LogP contribution in [0.25, 0.3) is 0 Å². The standard InChI is InChI=1S/C20H24N4O3/c1-14-3-4-18-16(9-14)17(25)11-20(27-18)5-7-23(8-6-20)19(26)10-15(2)24-13-21-12-22-24/h3-4,9,12-13,15H,5-8,10-11H2,1-2H3/t15-/m0/s1. The third-order valence-corrected chi connectivity index (χ3v) is 5.63. The molecule has 1 aromatic carbocycles. The first kappa shape index (κ1) is 17.7. The molecule has 1 spiro atoms. The quantitative estimate of drug-likeness (QED) is 0.832. The first-order valence-corrected chi connectivity index (χ1v) is 9.40. The van der Waals surface area contributed by atoms with Gasteiger partial charge in [0, 0.05) is 32.4 Å². The number of carbonyl (C=O) groups is 2. The van der Waals surface area contributed by atoms with E-state index in [9.17, 15) is 9.59 Å². The van der Waals surface area contributed by atoms with Gasteiger partial charge in [-0.2, -0.15) is 5.10 Å². The van der Waals surface area contributed by atoms with Crippen LogP contribution in [0.15, 0.2) is 30.9 Å². The molecule has 1 amide bonds. The first-order valence-electron chi connectivity index (χ1n) is 9.40. The number of ether oxygens (including phenoxy) is 1. The van der Waals surface area contributed by atoms with Crippen molar-refractivity contribution in [3.63, 3.8) is 0 Å². The molecule has 0 saturated carbocycles. The summed E-state index contributed by atoms with van der Waals surface area (Å²) < 4.78 is 7.97. The maximum Gasteiger partial charge on any atom is 0.224 e. The molecular weight excluding hydrogens is 344 g/mol. The topological polar surface area (TPSA) is 77.3 Å². The maximum absolute atomic E-state index is 12.6. The Morgan fingerprint density at radius 3 is 2.81 bits per heavy atom. The molecule has 2 aliphatic rings. The van der Waals surface area contributed by atoms with Crippen LogP contribution in [0, 0.1) is 6.92 Å². The average Bonchev–Trinajstić information content (AvgIpc) is 3.18. The third-order valence-electron chi connectivity index (χ3n) is 5.63. The van der Waals surface area contributed by atoms with E-state index in [4.69, 9.17) is 4.74 Å². The Balaban J connectivity index is 1.39. The van der Waals surface area contributed by atoms with Crippen LogP contribution in [-0.2, 0) is 4.79 Å². The highest BCUT2D eigenvalue weighted by atomic mass is 16.5. The molecule has 0 radical (unpaired) electrons. The summed E-state index contributed by atoms with van der Waals surface area (Å²) in [5.74, 6) is 0.918. The molecule has 3 heterocycles. The molecule has 7 nitrogen and oxygen atoms in total. The molecule has 0 bridgehead atoms. The Hall–Kier alpha value is -2.70. The van der Waals surface area contributed by atoms with Gasteiger partial charge in [-0.15, -0.1) is 0 Å². The van der Waals surface area contributed by atoms with E-state index in [1.54, 1.807) is 11.0 Å². The van der Waals surface area contributed by atoms with Gasteiger partial charge >= 0.3 is 0 Å². The van der Waals surface area contributed by atoms with Crippen LogP contribution >= 0.6 is 0 Å². The third kappa shape index (κ3) is 3.46. The molecule has 1 fully saturated rings. The molecule has 0 aliphatic carbocycles. The van der Waals surface area contributed by atoms with Crippen LogP contribution in [0.2, 0.25) is 0 Å². The summed E-state index contributed by atoms with van der Waals surface area (Å²) in [5, 5.41) is 4.10. The normalized spacial score (nSPS) is 19.5. The number of Topliss-reactive ketones (excluding diaryl/α,β-unsaturated/α-hetero) is 1. The lowest BCUT2D eigenvalue weighted by Crippen LogP contribution is -2.52. The van der Waals surface area contributed by atoms with Gasteiger partial charge in [-0.05, 0) is 26.0 Å². The zero-order valence-corrected chi connectivity index (χ0v) is 15.7. The number of rotatable bonds is 3. The average molecular weight is 368 g/mol. The van der Waals surface area contributed by atoms with Crippen LogP contribution in [-0.4, -0.2) is 50.0 Å². The minimum atomic E-state index is -0.479. The molecule has 4 rings (SSSR count). The number of amides is 1. The van der Waals surface area contributed by atoms with Crippen molar-refractivity contribution in [1.82, 2.24) is 19.7 Å². The second-order valence-electron chi connectivity index (χ2n) is 7.69. The van der Waals surface area contributed by atoms with E-state index in [0.717, 1.165) is 5.56 Å². The number of nitrogens with zero attached hydrogens (tertiary/aromatic N) is 4. The number of piperidine rings is 1. The molecular formula is C20H24N4O3. The van der Waals surface area contributed by atoms with Gasteiger partial charge in [0.1, 0.15) is 24.0 Å². The van der Waals surface area contributed by atoms with E-state index in [2.05, 4.69) is 10.1 Å². The molecule has 1 aromatic heterocycles. The lowest BCUT2D eigenvalue weighted by molar-refractivity contribution is -0.135. The van der Waals surface area contributed by atoms with Crippen LogP contribution in [0.5, 0.6) is 5.75 Å². The number of ketones is 1. The molecule has 27 heavy (non-hydrogen) atoms. The molecule has 142 valence electrons. The number of fused-ring (bicyclic) bond motifs is 1. The summed E-state index contributed by atoms with van der Waals surface area (Å²) in [6.07, 6.45) is 5.23. The summed E-state index contributed by atoms with van der Waals surface area (Å²) in [6, 6.07) is 5.73. The van der Waals surface area contributed by atoms with Gasteiger partial charge in [-0.3, -0.25) is 9.59 Å². The Morgan fingerprint density at radius 1 is 1.33 bits per heavy atom. The summed E-state index contributed by atoms with van der Waals surface area (Å²) in [6.45, 7) is 5.15. The SMILES string of the molecule is Cc1ccc2c(c1)C(=O)CC1(CCN(C(=O)C[C@H](C)n3cncn3)CC1)O2. The lowest BCUT2D eigenvalue weighted by atomic mass is 9.82. The summed E-state index contributed by atoms with van der Waals surface area (Å²) in [7, 11) is 0. The minimum absolute atomic E-state index is 0.0292. The zero-order chi connectivity index (χ0) is 19.0. The van der Waals surface area contributed by atoms with E-state index in [-0.39, 0.29) is 17.7 Å². The molecule has 1 saturated heterocycles. The van der Waals surface area contributed by atoms with Gasteiger partial charge in [0.2, 0.25) is 5.91 Å². The van der Waals surface area contributed by atoms with Crippen molar-refractivity contribution in [2.45, 2.75) is 51.2 Å². The monoisotopic (exact) mass is 368 g/mol. The lowest BCUT2D eigenvalue weighted by Gasteiger charge is -2.44. The zero-order valence-electron chi connectivity index (χ0n) is 15.7. The second-order valence-corrected chi connectivity index (χ2v) is 7.69. The van der Waals surface area contributed by atoms with Gasteiger partial charge in [0.15, 0.2) is 5.78 Å². The van der Waals surface area contributed by atoms with Gasteiger partial charge in [0.25, 0.3) is 0 Å². The predicted molar refractivity (Wildman–Crippen MR) is 98.6 cm³/mol. The van der Waals surface area contributed by atoms with Crippen molar-refractivity contribution in [3.05, 3.63) is 42.0 Å². The highest BCUT2D eigenvalue weighted by Crippen LogP contribution is 2.39. The van der Waals surface area contributed by atoms with E-state index in [0.29, 0.717) is 50.1 Å². The van der Waals surface area contributed by atoms with Crippen molar-refractivity contribution in [1.29, 1.82) is 0 Å². The van der Waals surface area contributed by atoms with E-state index >= 15 is 0 Å². The largest absolute Gasteiger partial charge is 0.486 e. The number of aromatic nitrogens is 3. The van der Waals surface area contributed by atoms with Crippen molar-refractivity contribution in [3.8, 4) is 5.75 Å². The second kappa shape index (κ2) is 6.79. The van der Waals surface area contributed by atoms with Gasteiger partial charge in [-0.1, -0.05) is 11.6 Å². The van der Waals surface area contributed by atoms with E-state index in [1.165, 1.54) is 6.33 Å². The Morgan fingerprint density at radius 2 is 2.11 bits per heavy atom. The van der Waals surface area contributed by atoms with Crippen molar-refractivity contribution >= 4 is 11.7 Å². The number of benzene rings is 1. The molecule has 2 aliphatic heterocycles. The minimum Gasteiger partial charge on any atom is -0.486 e. The van der Waals surface area contributed by atoms with Crippen molar-refractivity contribution in [2.75, 3.05) is 13.1 Å². The van der Waals surface area contributed by atoms with Crippen LogP contribution in [0.3, 0.4) is 0 Å². The fourth-order valence-corrected chi connectivity index (χ4v) is 3.97. The summed E-state index contributed by atoms with van der Waals surface area (Å²) >= 11 is 0. The summed E-state index contributed by atoms with van der Waals surface area (Å²) in [4.78, 5) is 31.1. The highest BCUT2D eigenvalue weighted by molar-refractivity contribution is 6.00. The predicted octanol–water partition coefficient (Wildman–Crippen LogP) is 2.56.